The molecule has 0 radical (unpaired) electrons. The van der Waals surface area contributed by atoms with Crippen molar-refractivity contribution >= 4 is 8.80 Å². The molecule has 0 nitrogen and oxygen atoms in total. The van der Waals surface area contributed by atoms with Gasteiger partial charge in [0.1, 0.15) is 0 Å². The van der Waals surface area contributed by atoms with Crippen LogP contribution in [0.4, 0.5) is 0 Å². The molecule has 11 heavy (non-hydrogen) atoms. The van der Waals surface area contributed by atoms with Crippen molar-refractivity contribution in [1.29, 1.82) is 0 Å². The van der Waals surface area contributed by atoms with Gasteiger partial charge in [-0.05, 0) is 5.54 Å². The summed E-state index contributed by atoms with van der Waals surface area (Å²) in [5.74, 6) is 0. The molecule has 0 heterocycles. The highest BCUT2D eigenvalue weighted by atomic mass is 28.3. The Morgan fingerprint density at radius 3 is 2.45 bits per heavy atom. The van der Waals surface area contributed by atoms with Crippen LogP contribution in [0.3, 0.4) is 0 Å². The molecule has 0 aromatic heterocycles. The standard InChI is InChI=1S/C10H22Si/c1-4-6-9(2)11(3)10-7-5-8-10/h9-11H,4-8H2,1-3H3. The van der Waals surface area contributed by atoms with E-state index in [2.05, 4.69) is 20.4 Å². The van der Waals surface area contributed by atoms with Crippen LogP contribution in [0.2, 0.25) is 17.6 Å². The minimum absolute atomic E-state index is 0.321. The first-order valence-electron chi connectivity index (χ1n) is 5.25. The third-order valence-electron chi connectivity index (χ3n) is 3.53. The molecule has 2 unspecified atom stereocenters. The normalized spacial score (nSPS) is 24.3. The minimum Gasteiger partial charge on any atom is -0.0716 e. The molecule has 1 saturated carbocycles. The molecule has 1 rings (SSSR count). The van der Waals surface area contributed by atoms with Gasteiger partial charge in [-0.3, -0.25) is 0 Å². The van der Waals surface area contributed by atoms with Gasteiger partial charge in [0.2, 0.25) is 0 Å². The molecule has 0 amide bonds. The SMILES string of the molecule is CCCC(C)[SiH](C)C1CCC1. The van der Waals surface area contributed by atoms with Crippen LogP contribution in [0.15, 0.2) is 0 Å². The van der Waals surface area contributed by atoms with Gasteiger partial charge in [0.15, 0.2) is 0 Å². The van der Waals surface area contributed by atoms with Gasteiger partial charge in [-0.1, -0.05) is 58.0 Å². The lowest BCUT2D eigenvalue weighted by atomic mass is 10.00. The Kier molecular flexibility index (Phi) is 3.63. The number of hydrogen-bond donors (Lipinski definition) is 0. The molecule has 1 fully saturated rings. The zero-order valence-electron chi connectivity index (χ0n) is 8.27. The van der Waals surface area contributed by atoms with Crippen LogP contribution in [0.5, 0.6) is 0 Å². The molecular weight excluding hydrogens is 148 g/mol. The quantitative estimate of drug-likeness (QED) is 0.566. The molecule has 0 aromatic carbocycles. The van der Waals surface area contributed by atoms with Crippen LogP contribution in [0, 0.1) is 0 Å². The van der Waals surface area contributed by atoms with Gasteiger partial charge in [0, 0.05) is 8.80 Å². The predicted molar refractivity (Wildman–Crippen MR) is 54.9 cm³/mol. The van der Waals surface area contributed by atoms with E-state index in [9.17, 15) is 0 Å². The Morgan fingerprint density at radius 1 is 1.45 bits per heavy atom. The Balaban J connectivity index is 2.21. The monoisotopic (exact) mass is 170 g/mol. The Bertz CT molecular complexity index is 107. The molecule has 1 aliphatic rings. The zero-order valence-corrected chi connectivity index (χ0v) is 9.42. The van der Waals surface area contributed by atoms with Crippen LogP contribution in [-0.4, -0.2) is 8.80 Å². The lowest BCUT2D eigenvalue weighted by molar-refractivity contribution is 0.485. The van der Waals surface area contributed by atoms with Crippen molar-refractivity contribution < 1.29 is 0 Å². The second-order valence-corrected chi connectivity index (χ2v) is 8.12. The smallest absolute Gasteiger partial charge is 0.0396 e. The van der Waals surface area contributed by atoms with E-state index in [0.29, 0.717) is 0 Å². The van der Waals surface area contributed by atoms with E-state index in [0.717, 1.165) is 5.54 Å². The molecular formula is C10H22Si. The second kappa shape index (κ2) is 4.29. The zero-order chi connectivity index (χ0) is 8.27. The first-order chi connectivity index (χ1) is 5.25. The van der Waals surface area contributed by atoms with Gasteiger partial charge in [-0.15, -0.1) is 0 Å². The van der Waals surface area contributed by atoms with Crippen LogP contribution in [0.25, 0.3) is 0 Å². The fourth-order valence-corrected chi connectivity index (χ4v) is 5.46. The maximum absolute atomic E-state index is 2.59. The van der Waals surface area contributed by atoms with Gasteiger partial charge in [0.25, 0.3) is 0 Å². The van der Waals surface area contributed by atoms with E-state index >= 15 is 0 Å². The van der Waals surface area contributed by atoms with Crippen LogP contribution >= 0.6 is 0 Å². The first-order valence-corrected chi connectivity index (χ1v) is 7.74. The summed E-state index contributed by atoms with van der Waals surface area (Å²) in [4.78, 5) is 0. The van der Waals surface area contributed by atoms with E-state index in [-0.39, 0.29) is 8.80 Å². The number of rotatable bonds is 4. The number of hydrogen-bond acceptors (Lipinski definition) is 0. The summed E-state index contributed by atoms with van der Waals surface area (Å²) in [7, 11) is -0.321. The van der Waals surface area contributed by atoms with Gasteiger partial charge in [0.05, 0.1) is 0 Å². The lowest BCUT2D eigenvalue weighted by Gasteiger charge is -2.34. The van der Waals surface area contributed by atoms with Crippen molar-refractivity contribution in [3.05, 3.63) is 0 Å². The highest BCUT2D eigenvalue weighted by Gasteiger charge is 2.27. The fraction of sp³-hybridized carbons (Fsp3) is 1.00. The third-order valence-corrected chi connectivity index (χ3v) is 7.82. The van der Waals surface area contributed by atoms with Crippen molar-refractivity contribution in [3.63, 3.8) is 0 Å². The second-order valence-electron chi connectivity index (χ2n) is 4.32. The highest BCUT2D eigenvalue weighted by molar-refractivity contribution is 6.60. The summed E-state index contributed by atoms with van der Waals surface area (Å²) in [5, 5.41) is 0. The van der Waals surface area contributed by atoms with E-state index in [1.807, 2.05) is 0 Å². The minimum atomic E-state index is -0.321. The van der Waals surface area contributed by atoms with E-state index < -0.39 is 0 Å². The molecule has 2 atom stereocenters. The summed E-state index contributed by atoms with van der Waals surface area (Å²) in [6, 6.07) is 0. The van der Waals surface area contributed by atoms with Crippen molar-refractivity contribution in [3.8, 4) is 0 Å². The fourth-order valence-electron chi connectivity index (χ4n) is 2.15. The molecule has 0 N–H and O–H groups in total. The lowest BCUT2D eigenvalue weighted by Crippen LogP contribution is -2.26. The molecule has 0 aromatic rings. The molecule has 1 aliphatic carbocycles. The Morgan fingerprint density at radius 2 is 2.09 bits per heavy atom. The van der Waals surface area contributed by atoms with E-state index in [1.165, 1.54) is 24.8 Å². The van der Waals surface area contributed by atoms with E-state index in [1.54, 1.807) is 12.8 Å². The van der Waals surface area contributed by atoms with Crippen LogP contribution in [-0.2, 0) is 0 Å². The van der Waals surface area contributed by atoms with Crippen molar-refractivity contribution in [2.45, 2.75) is 63.6 Å². The molecule has 0 aliphatic heterocycles. The molecule has 0 saturated heterocycles. The maximum atomic E-state index is 2.59. The summed E-state index contributed by atoms with van der Waals surface area (Å²) in [6.45, 7) is 7.39. The van der Waals surface area contributed by atoms with Crippen molar-refractivity contribution in [2.24, 2.45) is 0 Å². The van der Waals surface area contributed by atoms with Crippen LogP contribution < -0.4 is 0 Å². The summed E-state index contributed by atoms with van der Waals surface area (Å²) in [5.41, 5.74) is 2.32. The van der Waals surface area contributed by atoms with E-state index in [4.69, 9.17) is 0 Å². The average Bonchev–Trinajstić information content (AvgIpc) is 1.84. The summed E-state index contributed by atoms with van der Waals surface area (Å²) >= 11 is 0. The van der Waals surface area contributed by atoms with Crippen molar-refractivity contribution in [1.82, 2.24) is 0 Å². The van der Waals surface area contributed by atoms with Gasteiger partial charge in [-0.25, -0.2) is 0 Å². The Hall–Kier alpha value is 0.217. The average molecular weight is 170 g/mol. The first kappa shape index (κ1) is 9.31. The topological polar surface area (TPSA) is 0 Å². The molecule has 0 bridgehead atoms. The summed E-state index contributed by atoms with van der Waals surface area (Å²) in [6.07, 6.45) is 7.55. The predicted octanol–water partition coefficient (Wildman–Crippen LogP) is 3.59. The van der Waals surface area contributed by atoms with Crippen LogP contribution in [0.1, 0.15) is 46.0 Å². The summed E-state index contributed by atoms with van der Waals surface area (Å²) < 4.78 is 0. The maximum Gasteiger partial charge on any atom is 0.0396 e. The van der Waals surface area contributed by atoms with Gasteiger partial charge in [-0.2, -0.15) is 0 Å². The molecule has 1 heteroatoms. The third kappa shape index (κ3) is 2.33. The van der Waals surface area contributed by atoms with Crippen molar-refractivity contribution in [2.75, 3.05) is 0 Å². The Labute approximate surface area is 73.0 Å². The largest absolute Gasteiger partial charge is 0.0716 e. The highest BCUT2D eigenvalue weighted by Crippen LogP contribution is 2.39. The molecule has 66 valence electrons. The van der Waals surface area contributed by atoms with Gasteiger partial charge < -0.3 is 0 Å². The molecule has 0 spiro atoms. The van der Waals surface area contributed by atoms with Gasteiger partial charge >= 0.3 is 0 Å².